The molecule has 0 unspecified atom stereocenters. The van der Waals surface area contributed by atoms with E-state index < -0.39 is 30.9 Å². The number of phenols is 1. The third-order valence-corrected chi connectivity index (χ3v) is 12.6. The molecule has 4 rings (SSSR count). The zero-order valence-electron chi connectivity index (χ0n) is 37.7. The summed E-state index contributed by atoms with van der Waals surface area (Å²) in [6, 6.07) is 21.4. The summed E-state index contributed by atoms with van der Waals surface area (Å²) in [4.78, 5) is -0.802. The van der Waals surface area contributed by atoms with Gasteiger partial charge in [-0.1, -0.05) is 178 Å². The van der Waals surface area contributed by atoms with Crippen LogP contribution in [0.25, 0.3) is 0 Å². The summed E-state index contributed by atoms with van der Waals surface area (Å²) in [5, 5.41) is 21.8. The molecule has 0 radical (unpaired) electrons. The number of unbranched alkanes of at least 4 members (excludes halogenated alkanes) is 20. The van der Waals surface area contributed by atoms with Gasteiger partial charge in [-0.3, -0.25) is 4.55 Å². The van der Waals surface area contributed by atoms with E-state index in [4.69, 9.17) is 14.0 Å². The van der Waals surface area contributed by atoms with Gasteiger partial charge in [-0.25, -0.2) is 8.42 Å². The molecule has 0 saturated carbocycles. The number of hydrogen-bond acceptors (Lipinski definition) is 9. The van der Waals surface area contributed by atoms with Crippen LogP contribution in [0.2, 0.25) is 0 Å². The molecule has 344 valence electrons. The van der Waals surface area contributed by atoms with E-state index in [0.717, 1.165) is 56.0 Å². The molecule has 2 N–H and O–H groups in total. The van der Waals surface area contributed by atoms with Crippen LogP contribution in [0.4, 0.5) is 0 Å². The molecule has 10 nitrogen and oxygen atoms in total. The molecule has 13 heteroatoms. The molecule has 0 aliphatic carbocycles. The molecular weight excluding hydrogens is 865 g/mol. The summed E-state index contributed by atoms with van der Waals surface area (Å²) >= 11 is 0. The Labute approximate surface area is 408 Å². The van der Waals surface area contributed by atoms with E-state index >= 15 is 0 Å². The number of phenolic OH excluding ortho intramolecular Hbond substituents is 1. The molecule has 0 amide bonds. The van der Waals surface area contributed by atoms with Crippen molar-refractivity contribution in [3.05, 3.63) is 96.1 Å². The summed E-state index contributed by atoms with van der Waals surface area (Å²) in [6.45, 7) is 4.50. The molecule has 0 aromatic heterocycles. The number of rotatable bonds is 30. The van der Waals surface area contributed by atoms with Gasteiger partial charge in [-0.2, -0.15) is 8.42 Å². The van der Waals surface area contributed by atoms with Crippen molar-refractivity contribution in [2.75, 3.05) is 0 Å². The second-order valence-electron chi connectivity index (χ2n) is 16.2. The maximum absolute atomic E-state index is 11.9. The molecule has 0 atom stereocenters. The van der Waals surface area contributed by atoms with Crippen molar-refractivity contribution in [3.8, 4) is 34.5 Å². The zero-order valence-corrected chi connectivity index (χ0v) is 41.6. The van der Waals surface area contributed by atoms with Crippen LogP contribution in [0.15, 0.2) is 94.7 Å². The van der Waals surface area contributed by atoms with Crippen LogP contribution in [-0.4, -0.2) is 68.8 Å². The first-order chi connectivity index (χ1) is 29.8. The number of benzene rings is 4. The Morgan fingerprint density at radius 1 is 0.476 bits per heavy atom. The first-order valence-electron chi connectivity index (χ1n) is 22.9. The van der Waals surface area contributed by atoms with E-state index in [0.29, 0.717) is 11.5 Å². The Morgan fingerprint density at radius 3 is 1.21 bits per heavy atom. The van der Waals surface area contributed by atoms with Gasteiger partial charge in [0.1, 0.15) is 27.4 Å². The summed E-state index contributed by atoms with van der Waals surface area (Å²) in [5.74, 6) is 0.0591. The molecular formula is C50H70CaO10S2. The SMILES string of the molecule is CCCCCCCCCCCCCc1ccc(Oc2cc(S(=O)(=O)O)ccc2O)cc1.CCCCCCCCCCCCCc1ccc(Oc2cc(S(=O)(=O)[O-])ccc2[O-])cc1.[Ca+2]. The Hall–Kier alpha value is -2.84. The van der Waals surface area contributed by atoms with E-state index in [1.54, 1.807) is 24.3 Å². The third-order valence-electron chi connectivity index (χ3n) is 10.9. The molecule has 0 spiro atoms. The van der Waals surface area contributed by atoms with Gasteiger partial charge in [0, 0.05) is 6.07 Å². The van der Waals surface area contributed by atoms with Gasteiger partial charge in [0.05, 0.1) is 9.79 Å². The molecule has 0 aliphatic rings. The van der Waals surface area contributed by atoms with Crippen molar-refractivity contribution in [1.29, 1.82) is 0 Å². The van der Waals surface area contributed by atoms with Gasteiger partial charge >= 0.3 is 37.7 Å². The van der Waals surface area contributed by atoms with Crippen molar-refractivity contribution in [3.63, 3.8) is 0 Å². The fourth-order valence-corrected chi connectivity index (χ4v) is 8.13. The summed E-state index contributed by atoms with van der Waals surface area (Å²) in [6.07, 6.45) is 31.1. The number of aryl methyl sites for hydroxylation is 2. The fraction of sp³-hybridized carbons (Fsp3) is 0.520. The van der Waals surface area contributed by atoms with Crippen LogP contribution < -0.4 is 14.6 Å². The van der Waals surface area contributed by atoms with Gasteiger partial charge in [-0.15, -0.1) is 0 Å². The molecule has 0 bridgehead atoms. The molecule has 4 aromatic carbocycles. The Bertz CT molecular complexity index is 1910. The van der Waals surface area contributed by atoms with E-state index in [2.05, 4.69) is 13.8 Å². The molecule has 63 heavy (non-hydrogen) atoms. The molecule has 0 fully saturated rings. The summed E-state index contributed by atoms with van der Waals surface area (Å²) in [7, 11) is -8.99. The van der Waals surface area contributed by atoms with Crippen LogP contribution in [0.1, 0.15) is 166 Å². The predicted molar refractivity (Wildman–Crippen MR) is 251 cm³/mol. The van der Waals surface area contributed by atoms with E-state index in [9.17, 15) is 31.6 Å². The fourth-order valence-electron chi connectivity index (χ4n) is 7.15. The van der Waals surface area contributed by atoms with Crippen LogP contribution in [0.3, 0.4) is 0 Å². The summed E-state index contributed by atoms with van der Waals surface area (Å²) in [5.41, 5.74) is 2.42. The second kappa shape index (κ2) is 31.9. The Morgan fingerprint density at radius 2 is 0.825 bits per heavy atom. The van der Waals surface area contributed by atoms with Crippen LogP contribution in [-0.2, 0) is 33.1 Å². The largest absolute Gasteiger partial charge is 2.00 e. The van der Waals surface area contributed by atoms with Gasteiger partial charge in [0.25, 0.3) is 10.1 Å². The normalized spacial score (nSPS) is 11.4. The van der Waals surface area contributed by atoms with Crippen molar-refractivity contribution in [2.45, 2.75) is 178 Å². The quantitative estimate of drug-likeness (QED) is 0.0291. The van der Waals surface area contributed by atoms with Gasteiger partial charge in [0.15, 0.2) is 11.5 Å². The van der Waals surface area contributed by atoms with Crippen LogP contribution in [0, 0.1) is 0 Å². The number of aromatic hydroxyl groups is 1. The van der Waals surface area contributed by atoms with E-state index in [-0.39, 0.29) is 59.9 Å². The smallest absolute Gasteiger partial charge is 0.870 e. The van der Waals surface area contributed by atoms with Crippen molar-refractivity contribution < 1.29 is 45.6 Å². The average Bonchev–Trinajstić information content (AvgIpc) is 3.24. The number of ether oxygens (including phenoxy) is 2. The van der Waals surface area contributed by atoms with E-state index in [1.807, 2.05) is 24.3 Å². The van der Waals surface area contributed by atoms with Crippen LogP contribution >= 0.6 is 0 Å². The number of hydrogen-bond donors (Lipinski definition) is 2. The minimum atomic E-state index is -4.64. The molecule has 4 aromatic rings. The first kappa shape index (κ1) is 56.3. The standard InChI is InChI=1S/2C25H36O5S.Ca/c2*1-2-3-4-5-6-7-8-9-10-11-12-13-21-14-16-22(17-15-21)30-25-20-23(31(27,28)29)18-19-24(25)26;/h2*14-20,26H,2-13H2,1H3,(H,27,28,29);/q;;+2/p-2. The van der Waals surface area contributed by atoms with Crippen LogP contribution in [0.5, 0.6) is 34.5 Å². The van der Waals surface area contributed by atoms with Gasteiger partial charge in [0.2, 0.25) is 0 Å². The van der Waals surface area contributed by atoms with Crippen molar-refractivity contribution in [1.82, 2.24) is 0 Å². The monoisotopic (exact) mass is 934 g/mol. The zero-order chi connectivity index (χ0) is 45.1. The second-order valence-corrected chi connectivity index (χ2v) is 19.0. The van der Waals surface area contributed by atoms with E-state index in [1.165, 1.54) is 146 Å². The molecule has 0 saturated heterocycles. The van der Waals surface area contributed by atoms with Gasteiger partial charge in [-0.05, 0) is 85.3 Å². The maximum atomic E-state index is 11.9. The Kier molecular flexibility index (Phi) is 28.5. The molecule has 0 heterocycles. The molecule has 0 aliphatic heterocycles. The first-order valence-corrected chi connectivity index (χ1v) is 25.8. The summed E-state index contributed by atoms with van der Waals surface area (Å²) < 4.78 is 76.1. The minimum absolute atomic E-state index is 0. The van der Waals surface area contributed by atoms with Gasteiger partial charge < -0.3 is 24.2 Å². The topological polar surface area (TPSA) is 173 Å². The predicted octanol–water partition coefficient (Wildman–Crippen LogP) is 13.2. The average molecular weight is 935 g/mol. The minimum Gasteiger partial charge on any atom is -0.870 e. The van der Waals surface area contributed by atoms with Crippen molar-refractivity contribution in [2.24, 2.45) is 0 Å². The Balaban J connectivity index is 0.000000427. The van der Waals surface area contributed by atoms with Crippen molar-refractivity contribution >= 4 is 58.0 Å². The third kappa shape index (κ3) is 24.3. The maximum Gasteiger partial charge on any atom is 2.00 e.